The summed E-state index contributed by atoms with van der Waals surface area (Å²) >= 11 is 0. The van der Waals surface area contributed by atoms with Crippen LogP contribution < -0.4 is 10.2 Å². The number of hydrogen-bond acceptors (Lipinski definition) is 4. The second-order valence-corrected chi connectivity index (χ2v) is 6.57. The van der Waals surface area contributed by atoms with Gasteiger partial charge in [-0.15, -0.1) is 0 Å². The van der Waals surface area contributed by atoms with Crippen molar-refractivity contribution in [1.82, 2.24) is 10.2 Å². The van der Waals surface area contributed by atoms with Gasteiger partial charge in [0.1, 0.15) is 5.82 Å². The summed E-state index contributed by atoms with van der Waals surface area (Å²) in [6, 6.07) is 5.70. The monoisotopic (exact) mass is 321 g/mol. The number of nitrogens with one attached hydrogen (secondary N) is 1. The molecule has 0 amide bonds. The van der Waals surface area contributed by atoms with Crippen molar-refractivity contribution >= 4 is 5.69 Å². The van der Waals surface area contributed by atoms with E-state index in [0.717, 1.165) is 57.9 Å². The normalized spacial score (nSPS) is 24.1. The van der Waals surface area contributed by atoms with Gasteiger partial charge in [-0.2, -0.15) is 0 Å². The van der Waals surface area contributed by atoms with Crippen LogP contribution in [-0.4, -0.2) is 56.9 Å². The highest BCUT2D eigenvalue weighted by Gasteiger charge is 2.23. The summed E-state index contributed by atoms with van der Waals surface area (Å²) in [5.74, 6) is -0.160. The zero-order chi connectivity index (χ0) is 16.2. The van der Waals surface area contributed by atoms with Crippen molar-refractivity contribution < 1.29 is 9.13 Å². The van der Waals surface area contributed by atoms with Crippen LogP contribution in [0.4, 0.5) is 10.1 Å². The summed E-state index contributed by atoms with van der Waals surface area (Å²) in [4.78, 5) is 4.85. The van der Waals surface area contributed by atoms with Gasteiger partial charge >= 0.3 is 0 Å². The van der Waals surface area contributed by atoms with E-state index in [1.54, 1.807) is 12.1 Å². The SMILES string of the molecule is CCN1CCN(c2ccc(F)cc2[C@H](C)N[C@H]2CCOC2)CC1. The van der Waals surface area contributed by atoms with Gasteiger partial charge in [-0.3, -0.25) is 0 Å². The molecule has 0 radical (unpaired) electrons. The van der Waals surface area contributed by atoms with Crippen LogP contribution in [0.5, 0.6) is 0 Å². The van der Waals surface area contributed by atoms with Crippen molar-refractivity contribution in [3.05, 3.63) is 29.6 Å². The molecule has 2 aliphatic rings. The third kappa shape index (κ3) is 4.03. The molecule has 2 atom stereocenters. The van der Waals surface area contributed by atoms with Gasteiger partial charge in [-0.25, -0.2) is 4.39 Å². The largest absolute Gasteiger partial charge is 0.380 e. The molecule has 2 heterocycles. The van der Waals surface area contributed by atoms with Crippen LogP contribution in [0.25, 0.3) is 0 Å². The molecule has 0 aromatic heterocycles. The van der Waals surface area contributed by atoms with Gasteiger partial charge in [0.25, 0.3) is 0 Å². The first-order chi connectivity index (χ1) is 11.2. The number of piperazine rings is 1. The number of anilines is 1. The minimum atomic E-state index is -0.160. The molecule has 2 fully saturated rings. The van der Waals surface area contributed by atoms with Gasteiger partial charge in [-0.05, 0) is 43.7 Å². The van der Waals surface area contributed by atoms with Crippen molar-refractivity contribution in [2.45, 2.75) is 32.4 Å². The summed E-state index contributed by atoms with van der Waals surface area (Å²) in [6.45, 7) is 11.2. The predicted molar refractivity (Wildman–Crippen MR) is 91.5 cm³/mol. The van der Waals surface area contributed by atoms with Gasteiger partial charge < -0.3 is 19.9 Å². The lowest BCUT2D eigenvalue weighted by atomic mass is 10.0. The minimum absolute atomic E-state index is 0.122. The molecule has 1 aromatic rings. The number of rotatable bonds is 5. The van der Waals surface area contributed by atoms with Crippen molar-refractivity contribution in [3.8, 4) is 0 Å². The van der Waals surface area contributed by atoms with Gasteiger partial charge in [-0.1, -0.05) is 6.92 Å². The molecule has 5 heteroatoms. The van der Waals surface area contributed by atoms with Crippen LogP contribution in [0.3, 0.4) is 0 Å². The average Bonchev–Trinajstić information content (AvgIpc) is 3.08. The first-order valence-corrected chi connectivity index (χ1v) is 8.78. The Kier molecular flexibility index (Phi) is 5.51. The Hall–Kier alpha value is -1.17. The van der Waals surface area contributed by atoms with E-state index < -0.39 is 0 Å². The molecule has 2 saturated heterocycles. The van der Waals surface area contributed by atoms with Gasteiger partial charge in [0, 0.05) is 50.6 Å². The van der Waals surface area contributed by atoms with E-state index in [0.29, 0.717) is 6.04 Å². The summed E-state index contributed by atoms with van der Waals surface area (Å²) in [6.07, 6.45) is 1.03. The molecule has 0 spiro atoms. The minimum Gasteiger partial charge on any atom is -0.380 e. The Morgan fingerprint density at radius 2 is 2.09 bits per heavy atom. The predicted octanol–water partition coefficient (Wildman–Crippen LogP) is 2.41. The van der Waals surface area contributed by atoms with Crippen molar-refractivity contribution in [2.75, 3.05) is 50.8 Å². The van der Waals surface area contributed by atoms with Crippen LogP contribution in [0.15, 0.2) is 18.2 Å². The van der Waals surface area contributed by atoms with Crippen LogP contribution in [0.2, 0.25) is 0 Å². The van der Waals surface area contributed by atoms with E-state index >= 15 is 0 Å². The maximum Gasteiger partial charge on any atom is 0.123 e. The molecule has 128 valence electrons. The van der Waals surface area contributed by atoms with Crippen molar-refractivity contribution in [2.24, 2.45) is 0 Å². The third-order valence-corrected chi connectivity index (χ3v) is 5.03. The van der Waals surface area contributed by atoms with Crippen molar-refractivity contribution in [1.29, 1.82) is 0 Å². The molecule has 0 aliphatic carbocycles. The Balaban J connectivity index is 1.74. The fraction of sp³-hybridized carbons (Fsp3) is 0.667. The molecular weight excluding hydrogens is 293 g/mol. The van der Waals surface area contributed by atoms with Crippen LogP contribution in [0.1, 0.15) is 31.9 Å². The zero-order valence-corrected chi connectivity index (χ0v) is 14.2. The van der Waals surface area contributed by atoms with Crippen LogP contribution in [-0.2, 0) is 4.74 Å². The summed E-state index contributed by atoms with van der Waals surface area (Å²) in [7, 11) is 0. The number of nitrogens with zero attached hydrogens (tertiary/aromatic N) is 2. The Bertz CT molecular complexity index is 511. The maximum absolute atomic E-state index is 13.8. The summed E-state index contributed by atoms with van der Waals surface area (Å²) in [5.41, 5.74) is 2.22. The smallest absolute Gasteiger partial charge is 0.123 e. The van der Waals surface area contributed by atoms with E-state index in [9.17, 15) is 4.39 Å². The quantitative estimate of drug-likeness (QED) is 0.901. The molecule has 3 rings (SSSR count). The van der Waals surface area contributed by atoms with E-state index in [2.05, 4.69) is 29.0 Å². The van der Waals surface area contributed by atoms with Crippen LogP contribution in [0, 0.1) is 5.82 Å². The van der Waals surface area contributed by atoms with E-state index in [1.165, 1.54) is 5.69 Å². The molecular formula is C18H28FN3O. The summed E-state index contributed by atoms with van der Waals surface area (Å²) in [5, 5.41) is 3.59. The van der Waals surface area contributed by atoms with E-state index in [1.807, 2.05) is 6.07 Å². The Morgan fingerprint density at radius 3 is 2.74 bits per heavy atom. The molecule has 1 N–H and O–H groups in total. The number of ether oxygens (including phenoxy) is 1. The highest BCUT2D eigenvalue weighted by Crippen LogP contribution is 2.29. The van der Waals surface area contributed by atoms with E-state index in [4.69, 9.17) is 4.74 Å². The van der Waals surface area contributed by atoms with Crippen LogP contribution >= 0.6 is 0 Å². The topological polar surface area (TPSA) is 27.7 Å². The second kappa shape index (κ2) is 7.60. The number of likely N-dealkylation sites (N-methyl/N-ethyl adjacent to an activating group) is 1. The molecule has 0 bridgehead atoms. The number of hydrogen-bond donors (Lipinski definition) is 1. The standard InChI is InChI=1S/C18H28FN3O/c1-3-21-7-9-22(10-8-21)18-5-4-15(19)12-17(18)14(2)20-16-6-11-23-13-16/h4-5,12,14,16,20H,3,6-11,13H2,1-2H3/t14-,16-/m0/s1. The van der Waals surface area contributed by atoms with E-state index in [-0.39, 0.29) is 11.9 Å². The average molecular weight is 321 g/mol. The lowest BCUT2D eigenvalue weighted by Gasteiger charge is -2.37. The lowest BCUT2D eigenvalue weighted by molar-refractivity contribution is 0.188. The molecule has 0 saturated carbocycles. The lowest BCUT2D eigenvalue weighted by Crippen LogP contribution is -2.46. The maximum atomic E-state index is 13.8. The highest BCUT2D eigenvalue weighted by atomic mass is 19.1. The van der Waals surface area contributed by atoms with Crippen molar-refractivity contribution in [3.63, 3.8) is 0 Å². The van der Waals surface area contributed by atoms with Gasteiger partial charge in [0.15, 0.2) is 0 Å². The van der Waals surface area contributed by atoms with Gasteiger partial charge in [0.05, 0.1) is 6.61 Å². The molecule has 23 heavy (non-hydrogen) atoms. The first kappa shape index (κ1) is 16.7. The Morgan fingerprint density at radius 1 is 1.30 bits per heavy atom. The molecule has 0 unspecified atom stereocenters. The highest BCUT2D eigenvalue weighted by molar-refractivity contribution is 5.55. The Labute approximate surface area is 138 Å². The fourth-order valence-corrected chi connectivity index (χ4v) is 3.57. The number of halogens is 1. The molecule has 2 aliphatic heterocycles. The fourth-order valence-electron chi connectivity index (χ4n) is 3.57. The summed E-state index contributed by atoms with van der Waals surface area (Å²) < 4.78 is 19.3. The van der Waals surface area contributed by atoms with Gasteiger partial charge in [0.2, 0.25) is 0 Å². The third-order valence-electron chi connectivity index (χ3n) is 5.03. The molecule has 1 aromatic carbocycles. The molecule has 4 nitrogen and oxygen atoms in total. The second-order valence-electron chi connectivity index (χ2n) is 6.57. The number of benzene rings is 1. The zero-order valence-electron chi connectivity index (χ0n) is 14.2. The first-order valence-electron chi connectivity index (χ1n) is 8.78.